The second-order valence-electron chi connectivity index (χ2n) is 6.52. The molecule has 2 rings (SSSR count). The van der Waals surface area contributed by atoms with Gasteiger partial charge in [-0.1, -0.05) is 80.6 Å². The first-order valence-corrected chi connectivity index (χ1v) is 8.83. The molecule has 0 aliphatic rings. The minimum Gasteiger partial charge on any atom is -0.445 e. The van der Waals surface area contributed by atoms with Gasteiger partial charge in [0.05, 0.1) is 0 Å². The molecule has 3 heteroatoms. The SMILES string of the molecule is CC(C)Cc1ccc(C=CCCNC(=O)OCc2ccccc2)cc1. The highest BCUT2D eigenvalue weighted by Crippen LogP contribution is 2.11. The maximum absolute atomic E-state index is 11.6. The van der Waals surface area contributed by atoms with Gasteiger partial charge < -0.3 is 10.1 Å². The Bertz CT molecular complexity index is 660. The van der Waals surface area contributed by atoms with Crippen molar-refractivity contribution in [3.8, 4) is 0 Å². The van der Waals surface area contributed by atoms with E-state index in [1.54, 1.807) is 0 Å². The third-order valence-corrected chi connectivity index (χ3v) is 3.73. The Morgan fingerprint density at radius 1 is 1.04 bits per heavy atom. The fraction of sp³-hybridized carbons (Fsp3) is 0.318. The predicted molar refractivity (Wildman–Crippen MR) is 103 cm³/mol. The number of hydrogen-bond donors (Lipinski definition) is 1. The molecule has 0 saturated heterocycles. The Morgan fingerprint density at radius 3 is 2.44 bits per heavy atom. The van der Waals surface area contributed by atoms with E-state index < -0.39 is 0 Å². The molecule has 1 amide bonds. The second kappa shape index (κ2) is 10.3. The number of hydrogen-bond acceptors (Lipinski definition) is 2. The second-order valence-corrected chi connectivity index (χ2v) is 6.52. The highest BCUT2D eigenvalue weighted by Gasteiger charge is 2.01. The van der Waals surface area contributed by atoms with E-state index in [4.69, 9.17) is 4.74 Å². The highest BCUT2D eigenvalue weighted by atomic mass is 16.5. The smallest absolute Gasteiger partial charge is 0.407 e. The van der Waals surface area contributed by atoms with Crippen molar-refractivity contribution in [1.29, 1.82) is 0 Å². The van der Waals surface area contributed by atoms with Crippen molar-refractivity contribution in [1.82, 2.24) is 5.32 Å². The summed E-state index contributed by atoms with van der Waals surface area (Å²) in [5.41, 5.74) is 3.53. The number of benzene rings is 2. The normalized spacial score (nSPS) is 11.0. The molecule has 3 nitrogen and oxygen atoms in total. The molecule has 25 heavy (non-hydrogen) atoms. The molecule has 0 heterocycles. The third kappa shape index (κ3) is 7.71. The van der Waals surface area contributed by atoms with Gasteiger partial charge in [-0.3, -0.25) is 0 Å². The van der Waals surface area contributed by atoms with Crippen LogP contribution in [0.4, 0.5) is 4.79 Å². The number of amides is 1. The molecule has 2 aromatic rings. The topological polar surface area (TPSA) is 38.3 Å². The van der Waals surface area contributed by atoms with Crippen LogP contribution in [0.15, 0.2) is 60.7 Å². The van der Waals surface area contributed by atoms with E-state index in [1.165, 1.54) is 11.1 Å². The summed E-state index contributed by atoms with van der Waals surface area (Å²) in [5, 5.41) is 2.76. The average molecular weight is 337 g/mol. The maximum atomic E-state index is 11.6. The van der Waals surface area contributed by atoms with E-state index in [2.05, 4.69) is 55.6 Å². The zero-order valence-corrected chi connectivity index (χ0v) is 15.1. The Balaban J connectivity index is 1.63. The molecule has 0 unspecified atom stereocenters. The van der Waals surface area contributed by atoms with Gasteiger partial charge in [-0.25, -0.2) is 4.79 Å². The number of rotatable bonds is 8. The van der Waals surface area contributed by atoms with Gasteiger partial charge in [0.2, 0.25) is 0 Å². The quantitative estimate of drug-likeness (QED) is 0.671. The van der Waals surface area contributed by atoms with Gasteiger partial charge in [-0.2, -0.15) is 0 Å². The van der Waals surface area contributed by atoms with Crippen LogP contribution in [0, 0.1) is 5.92 Å². The molecule has 0 saturated carbocycles. The average Bonchev–Trinajstić information content (AvgIpc) is 2.61. The van der Waals surface area contributed by atoms with Crippen molar-refractivity contribution in [2.45, 2.75) is 33.3 Å². The molecule has 0 radical (unpaired) electrons. The molecule has 0 bridgehead atoms. The fourth-order valence-corrected chi connectivity index (χ4v) is 2.49. The number of alkyl carbamates (subject to hydrolysis) is 1. The van der Waals surface area contributed by atoms with Gasteiger partial charge in [0, 0.05) is 6.54 Å². The van der Waals surface area contributed by atoms with Crippen LogP contribution in [-0.4, -0.2) is 12.6 Å². The summed E-state index contributed by atoms with van der Waals surface area (Å²) in [7, 11) is 0. The van der Waals surface area contributed by atoms with Gasteiger partial charge in [-0.05, 0) is 35.4 Å². The molecular formula is C22H27NO2. The van der Waals surface area contributed by atoms with E-state index in [9.17, 15) is 4.79 Å². The highest BCUT2D eigenvalue weighted by molar-refractivity contribution is 5.67. The lowest BCUT2D eigenvalue weighted by Gasteiger charge is -2.06. The fourth-order valence-electron chi connectivity index (χ4n) is 2.49. The molecule has 0 fully saturated rings. The maximum Gasteiger partial charge on any atom is 0.407 e. The van der Waals surface area contributed by atoms with E-state index >= 15 is 0 Å². The monoisotopic (exact) mass is 337 g/mol. The molecule has 0 atom stereocenters. The van der Waals surface area contributed by atoms with Crippen LogP contribution in [0.25, 0.3) is 6.08 Å². The molecule has 132 valence electrons. The Kier molecular flexibility index (Phi) is 7.77. The van der Waals surface area contributed by atoms with Crippen LogP contribution in [-0.2, 0) is 17.8 Å². The van der Waals surface area contributed by atoms with Crippen molar-refractivity contribution in [3.05, 3.63) is 77.4 Å². The van der Waals surface area contributed by atoms with E-state index in [1.807, 2.05) is 30.3 Å². The summed E-state index contributed by atoms with van der Waals surface area (Å²) in [6.07, 6.45) is 5.65. The molecule has 0 spiro atoms. The number of ether oxygens (including phenoxy) is 1. The Labute approximate surface area is 150 Å². The van der Waals surface area contributed by atoms with Gasteiger partial charge >= 0.3 is 6.09 Å². The largest absolute Gasteiger partial charge is 0.445 e. The first-order chi connectivity index (χ1) is 12.1. The lowest BCUT2D eigenvalue weighted by molar-refractivity contribution is 0.140. The third-order valence-electron chi connectivity index (χ3n) is 3.73. The minimum absolute atomic E-state index is 0.297. The van der Waals surface area contributed by atoms with Crippen molar-refractivity contribution in [2.75, 3.05) is 6.54 Å². The van der Waals surface area contributed by atoms with Crippen LogP contribution in [0.3, 0.4) is 0 Å². The Morgan fingerprint density at radius 2 is 1.76 bits per heavy atom. The van der Waals surface area contributed by atoms with Crippen molar-refractivity contribution >= 4 is 12.2 Å². The molecular weight excluding hydrogens is 310 g/mol. The van der Waals surface area contributed by atoms with Gasteiger partial charge in [-0.15, -0.1) is 0 Å². The van der Waals surface area contributed by atoms with Gasteiger partial charge in [0.1, 0.15) is 6.61 Å². The van der Waals surface area contributed by atoms with Crippen molar-refractivity contribution < 1.29 is 9.53 Å². The van der Waals surface area contributed by atoms with Crippen LogP contribution in [0.2, 0.25) is 0 Å². The predicted octanol–water partition coefficient (Wildman–Crippen LogP) is 5.21. The first-order valence-electron chi connectivity index (χ1n) is 8.83. The van der Waals surface area contributed by atoms with Crippen molar-refractivity contribution in [2.24, 2.45) is 5.92 Å². The standard InChI is InChI=1S/C22H27NO2/c1-18(2)16-20-13-11-19(12-14-20)8-6-7-15-23-22(24)25-17-21-9-4-3-5-10-21/h3-6,8-14,18H,7,15-17H2,1-2H3,(H,23,24). The molecule has 0 aliphatic carbocycles. The molecule has 0 aromatic heterocycles. The van der Waals surface area contributed by atoms with Crippen LogP contribution >= 0.6 is 0 Å². The van der Waals surface area contributed by atoms with Gasteiger partial charge in [0.15, 0.2) is 0 Å². The summed E-state index contributed by atoms with van der Waals surface area (Å²) in [6.45, 7) is 5.32. The summed E-state index contributed by atoms with van der Waals surface area (Å²) >= 11 is 0. The summed E-state index contributed by atoms with van der Waals surface area (Å²) in [4.78, 5) is 11.6. The van der Waals surface area contributed by atoms with E-state index in [0.29, 0.717) is 19.1 Å². The Hall–Kier alpha value is -2.55. The van der Waals surface area contributed by atoms with Crippen LogP contribution < -0.4 is 5.32 Å². The minimum atomic E-state index is -0.379. The first kappa shape index (κ1) is 18.8. The summed E-state index contributed by atoms with van der Waals surface area (Å²) in [5.74, 6) is 0.675. The zero-order valence-electron chi connectivity index (χ0n) is 15.1. The summed E-state index contributed by atoms with van der Waals surface area (Å²) < 4.78 is 5.16. The van der Waals surface area contributed by atoms with Crippen LogP contribution in [0.5, 0.6) is 0 Å². The van der Waals surface area contributed by atoms with E-state index in [0.717, 1.165) is 18.4 Å². The number of nitrogens with one attached hydrogen (secondary N) is 1. The lowest BCUT2D eigenvalue weighted by Crippen LogP contribution is -2.24. The molecule has 2 aromatic carbocycles. The summed E-state index contributed by atoms with van der Waals surface area (Å²) in [6, 6.07) is 18.3. The van der Waals surface area contributed by atoms with Crippen LogP contribution in [0.1, 0.15) is 37.0 Å². The number of carbonyl (C=O) groups is 1. The van der Waals surface area contributed by atoms with Crippen molar-refractivity contribution in [3.63, 3.8) is 0 Å². The molecule has 1 N–H and O–H groups in total. The molecule has 0 aliphatic heterocycles. The number of carbonyl (C=O) groups excluding carboxylic acids is 1. The van der Waals surface area contributed by atoms with E-state index in [-0.39, 0.29) is 6.09 Å². The lowest BCUT2D eigenvalue weighted by atomic mass is 10.0. The zero-order chi connectivity index (χ0) is 17.9. The van der Waals surface area contributed by atoms with Gasteiger partial charge in [0.25, 0.3) is 0 Å².